The van der Waals surface area contributed by atoms with Crippen molar-refractivity contribution in [3.05, 3.63) is 54.4 Å². The molecule has 0 radical (unpaired) electrons. The van der Waals surface area contributed by atoms with Gasteiger partial charge in [0.15, 0.2) is 0 Å². The van der Waals surface area contributed by atoms with Gasteiger partial charge in [0.25, 0.3) is 0 Å². The summed E-state index contributed by atoms with van der Waals surface area (Å²) >= 11 is 0. The van der Waals surface area contributed by atoms with Crippen LogP contribution >= 0.6 is 0 Å². The van der Waals surface area contributed by atoms with Crippen LogP contribution in [-0.4, -0.2) is 15.0 Å². The number of nitrogens with one attached hydrogen (secondary N) is 1. The highest BCUT2D eigenvalue weighted by Gasteiger charge is 2.13. The lowest BCUT2D eigenvalue weighted by Gasteiger charge is -2.14. The minimum absolute atomic E-state index is 0.174. The quantitative estimate of drug-likeness (QED) is 0.556. The molecule has 2 rings (SSSR count). The van der Waals surface area contributed by atoms with Gasteiger partial charge >= 0.3 is 0 Å². The number of aromatic nitrogens is 3. The number of nitrogens with zero attached hydrogens (tertiary/aromatic N) is 3. The molecule has 5 heteroatoms. The van der Waals surface area contributed by atoms with Crippen LogP contribution in [-0.2, 0) is 0 Å². The van der Waals surface area contributed by atoms with E-state index >= 15 is 0 Å². The van der Waals surface area contributed by atoms with Gasteiger partial charge in [-0.15, -0.1) is 0 Å². The molecule has 0 amide bonds. The van der Waals surface area contributed by atoms with Crippen LogP contribution in [0.3, 0.4) is 0 Å². The first-order valence-electron chi connectivity index (χ1n) is 4.54. The van der Waals surface area contributed by atoms with Gasteiger partial charge in [-0.2, -0.15) is 0 Å². The first kappa shape index (κ1) is 9.70. The summed E-state index contributed by atoms with van der Waals surface area (Å²) in [7, 11) is 0. The Morgan fingerprint density at radius 2 is 2.00 bits per heavy atom. The van der Waals surface area contributed by atoms with Crippen LogP contribution in [0.15, 0.2) is 43.1 Å². The average molecular weight is 201 g/mol. The SMILES string of the molecule is NNC(c1cccnc1)c1cnccn1. The summed E-state index contributed by atoms with van der Waals surface area (Å²) in [5.41, 5.74) is 4.42. The molecular weight excluding hydrogens is 190 g/mol. The molecule has 1 unspecified atom stereocenters. The van der Waals surface area contributed by atoms with Crippen molar-refractivity contribution in [1.82, 2.24) is 20.4 Å². The number of hydrogen-bond acceptors (Lipinski definition) is 5. The van der Waals surface area contributed by atoms with Gasteiger partial charge in [0.05, 0.1) is 17.9 Å². The Bertz CT molecular complexity index is 363. The van der Waals surface area contributed by atoms with Crippen LogP contribution in [0.4, 0.5) is 0 Å². The smallest absolute Gasteiger partial charge is 0.0911 e. The van der Waals surface area contributed by atoms with Crippen molar-refractivity contribution in [2.75, 3.05) is 0 Å². The van der Waals surface area contributed by atoms with Gasteiger partial charge < -0.3 is 0 Å². The molecule has 15 heavy (non-hydrogen) atoms. The van der Waals surface area contributed by atoms with Gasteiger partial charge in [-0.3, -0.25) is 20.8 Å². The first-order valence-corrected chi connectivity index (χ1v) is 4.54. The molecular formula is C10H11N5. The molecule has 0 saturated carbocycles. The minimum Gasteiger partial charge on any atom is -0.271 e. The summed E-state index contributed by atoms with van der Waals surface area (Å²) in [6.07, 6.45) is 8.40. The second-order valence-electron chi connectivity index (χ2n) is 3.02. The maximum atomic E-state index is 5.49. The lowest BCUT2D eigenvalue weighted by molar-refractivity contribution is 0.615. The normalized spacial score (nSPS) is 12.3. The van der Waals surface area contributed by atoms with Crippen LogP contribution in [0.2, 0.25) is 0 Å². The Kier molecular flexibility index (Phi) is 2.96. The molecule has 76 valence electrons. The van der Waals surface area contributed by atoms with E-state index in [4.69, 9.17) is 5.84 Å². The second kappa shape index (κ2) is 4.59. The fourth-order valence-electron chi connectivity index (χ4n) is 1.36. The Labute approximate surface area is 87.4 Å². The molecule has 0 aromatic carbocycles. The highest BCUT2D eigenvalue weighted by Crippen LogP contribution is 2.16. The van der Waals surface area contributed by atoms with Crippen LogP contribution in [0.25, 0.3) is 0 Å². The molecule has 3 N–H and O–H groups in total. The highest BCUT2D eigenvalue weighted by molar-refractivity contribution is 5.22. The zero-order chi connectivity index (χ0) is 10.5. The predicted octanol–water partition coefficient (Wildman–Crippen LogP) is 0.424. The number of rotatable bonds is 3. The Hall–Kier alpha value is -1.85. The average Bonchev–Trinajstić information content (AvgIpc) is 2.33. The second-order valence-corrected chi connectivity index (χ2v) is 3.02. The third kappa shape index (κ3) is 2.15. The third-order valence-electron chi connectivity index (χ3n) is 2.06. The van der Waals surface area contributed by atoms with Gasteiger partial charge in [-0.1, -0.05) is 6.07 Å². The fourth-order valence-corrected chi connectivity index (χ4v) is 1.36. The van der Waals surface area contributed by atoms with Crippen molar-refractivity contribution in [3.8, 4) is 0 Å². The van der Waals surface area contributed by atoms with Crippen LogP contribution < -0.4 is 11.3 Å². The molecule has 0 aliphatic carbocycles. The van der Waals surface area contributed by atoms with Crippen LogP contribution in [0.5, 0.6) is 0 Å². The van der Waals surface area contributed by atoms with Gasteiger partial charge in [0.2, 0.25) is 0 Å². The molecule has 1 atom stereocenters. The zero-order valence-corrected chi connectivity index (χ0v) is 8.04. The summed E-state index contributed by atoms with van der Waals surface area (Å²) < 4.78 is 0. The monoisotopic (exact) mass is 201 g/mol. The lowest BCUT2D eigenvalue weighted by atomic mass is 10.1. The van der Waals surface area contributed by atoms with E-state index < -0.39 is 0 Å². The van der Waals surface area contributed by atoms with Gasteiger partial charge in [0.1, 0.15) is 0 Å². The minimum atomic E-state index is -0.174. The molecule has 0 spiro atoms. The Morgan fingerprint density at radius 1 is 1.13 bits per heavy atom. The lowest BCUT2D eigenvalue weighted by Crippen LogP contribution is -2.29. The molecule has 2 aromatic rings. The standard InChI is InChI=1S/C10H11N5/c11-15-10(8-2-1-3-12-6-8)9-7-13-4-5-14-9/h1-7,10,15H,11H2. The van der Waals surface area contributed by atoms with Crippen molar-refractivity contribution < 1.29 is 0 Å². The number of hydrazine groups is 1. The van der Waals surface area contributed by atoms with E-state index in [1.54, 1.807) is 31.0 Å². The van der Waals surface area contributed by atoms with E-state index in [1.165, 1.54) is 0 Å². The molecule has 0 fully saturated rings. The molecule has 2 aromatic heterocycles. The number of nitrogens with two attached hydrogens (primary N) is 1. The van der Waals surface area contributed by atoms with E-state index in [2.05, 4.69) is 20.4 Å². The highest BCUT2D eigenvalue weighted by atomic mass is 15.2. The van der Waals surface area contributed by atoms with Crippen molar-refractivity contribution in [1.29, 1.82) is 0 Å². The van der Waals surface area contributed by atoms with Gasteiger partial charge in [-0.05, 0) is 11.6 Å². The summed E-state index contributed by atoms with van der Waals surface area (Å²) in [6, 6.07) is 3.62. The molecule has 0 bridgehead atoms. The molecule has 0 aliphatic rings. The Morgan fingerprint density at radius 3 is 2.60 bits per heavy atom. The summed E-state index contributed by atoms with van der Waals surface area (Å²) in [5.74, 6) is 5.49. The van der Waals surface area contributed by atoms with Gasteiger partial charge in [0, 0.05) is 24.8 Å². The van der Waals surface area contributed by atoms with Crippen molar-refractivity contribution in [3.63, 3.8) is 0 Å². The van der Waals surface area contributed by atoms with Crippen LogP contribution in [0, 0.1) is 0 Å². The topological polar surface area (TPSA) is 76.7 Å². The van der Waals surface area contributed by atoms with Crippen LogP contribution in [0.1, 0.15) is 17.3 Å². The predicted molar refractivity (Wildman–Crippen MR) is 55.4 cm³/mol. The number of hydrogen-bond donors (Lipinski definition) is 2. The van der Waals surface area contributed by atoms with E-state index in [-0.39, 0.29) is 6.04 Å². The fraction of sp³-hybridized carbons (Fsp3) is 0.100. The van der Waals surface area contributed by atoms with E-state index in [0.29, 0.717) is 0 Å². The molecule has 2 heterocycles. The number of pyridine rings is 1. The van der Waals surface area contributed by atoms with Crippen molar-refractivity contribution in [2.45, 2.75) is 6.04 Å². The van der Waals surface area contributed by atoms with Crippen molar-refractivity contribution >= 4 is 0 Å². The van der Waals surface area contributed by atoms with E-state index in [9.17, 15) is 0 Å². The maximum Gasteiger partial charge on any atom is 0.0911 e. The third-order valence-corrected chi connectivity index (χ3v) is 2.06. The van der Waals surface area contributed by atoms with E-state index in [1.807, 2.05) is 12.1 Å². The van der Waals surface area contributed by atoms with E-state index in [0.717, 1.165) is 11.3 Å². The van der Waals surface area contributed by atoms with Gasteiger partial charge in [-0.25, -0.2) is 5.43 Å². The largest absolute Gasteiger partial charge is 0.271 e. The zero-order valence-electron chi connectivity index (χ0n) is 8.04. The summed E-state index contributed by atoms with van der Waals surface area (Å²) in [5, 5.41) is 0. The molecule has 5 nitrogen and oxygen atoms in total. The summed E-state index contributed by atoms with van der Waals surface area (Å²) in [4.78, 5) is 12.2. The Balaban J connectivity index is 2.34. The van der Waals surface area contributed by atoms with Crippen molar-refractivity contribution in [2.24, 2.45) is 5.84 Å². The molecule has 0 aliphatic heterocycles. The summed E-state index contributed by atoms with van der Waals surface area (Å²) in [6.45, 7) is 0. The maximum absolute atomic E-state index is 5.49. The first-order chi connectivity index (χ1) is 7.42. The molecule has 0 saturated heterocycles.